The predicted molar refractivity (Wildman–Crippen MR) is 102 cm³/mol. The summed E-state index contributed by atoms with van der Waals surface area (Å²) in [5.41, 5.74) is 2.04. The molecule has 0 saturated heterocycles. The van der Waals surface area contributed by atoms with Crippen molar-refractivity contribution in [1.29, 1.82) is 0 Å². The molecule has 0 atom stereocenters. The average Bonchev–Trinajstić information content (AvgIpc) is 2.68. The molecule has 4 heteroatoms. The number of hydrogen-bond acceptors (Lipinski definition) is 3. The van der Waals surface area contributed by atoms with Crippen molar-refractivity contribution >= 4 is 17.2 Å². The number of amides is 1. The van der Waals surface area contributed by atoms with Crippen molar-refractivity contribution in [3.05, 3.63) is 96.6 Å². The third kappa shape index (κ3) is 3.82. The maximum atomic E-state index is 12.5. The summed E-state index contributed by atoms with van der Waals surface area (Å²) >= 11 is 0. The van der Waals surface area contributed by atoms with Gasteiger partial charge in [0.2, 0.25) is 0 Å². The number of ether oxygens (including phenoxy) is 1. The summed E-state index contributed by atoms with van der Waals surface area (Å²) < 4.78 is 5.73. The Labute approximate surface area is 152 Å². The number of anilines is 1. The fraction of sp³-hybridized carbons (Fsp3) is 0.0455. The largest absolute Gasteiger partial charge is 0.457 e. The lowest BCUT2D eigenvalue weighted by atomic mass is 10.1. The second-order valence-electron chi connectivity index (χ2n) is 5.82. The van der Waals surface area contributed by atoms with Crippen molar-refractivity contribution in [2.75, 3.05) is 5.06 Å². The standard InChI is InChI=1S/C22H19NO3/c1-16-8-6-7-11-21(16)23(25)22(24)17(2)18-12-14-20(15-13-18)26-19-9-4-3-5-10-19/h3-15,25H,2H2,1H3. The molecule has 3 aromatic carbocycles. The maximum Gasteiger partial charge on any atom is 0.282 e. The molecule has 1 amide bonds. The van der Waals surface area contributed by atoms with E-state index in [0.717, 1.165) is 11.3 Å². The van der Waals surface area contributed by atoms with Crippen LogP contribution in [-0.4, -0.2) is 11.1 Å². The van der Waals surface area contributed by atoms with Gasteiger partial charge >= 0.3 is 0 Å². The topological polar surface area (TPSA) is 49.8 Å². The number of carbonyl (C=O) groups excluding carboxylic acids is 1. The Balaban J connectivity index is 1.73. The molecular weight excluding hydrogens is 326 g/mol. The summed E-state index contributed by atoms with van der Waals surface area (Å²) in [6, 6.07) is 23.5. The molecule has 0 radical (unpaired) electrons. The zero-order valence-corrected chi connectivity index (χ0v) is 14.4. The first-order chi connectivity index (χ1) is 12.6. The van der Waals surface area contributed by atoms with Crippen molar-refractivity contribution in [2.24, 2.45) is 0 Å². The van der Waals surface area contributed by atoms with E-state index in [2.05, 4.69) is 6.58 Å². The Morgan fingerprint density at radius 3 is 2.12 bits per heavy atom. The second-order valence-corrected chi connectivity index (χ2v) is 5.82. The highest BCUT2D eigenvalue weighted by Gasteiger charge is 2.19. The number of rotatable bonds is 5. The molecule has 0 unspecified atom stereocenters. The summed E-state index contributed by atoms with van der Waals surface area (Å²) in [6.07, 6.45) is 0. The zero-order valence-electron chi connectivity index (χ0n) is 14.4. The molecule has 0 heterocycles. The highest BCUT2D eigenvalue weighted by Crippen LogP contribution is 2.25. The van der Waals surface area contributed by atoms with E-state index in [1.807, 2.05) is 49.4 Å². The van der Waals surface area contributed by atoms with Gasteiger partial charge in [-0.25, -0.2) is 0 Å². The summed E-state index contributed by atoms with van der Waals surface area (Å²) in [6.45, 7) is 5.65. The van der Waals surface area contributed by atoms with Gasteiger partial charge in [-0.05, 0) is 48.4 Å². The van der Waals surface area contributed by atoms with E-state index in [1.165, 1.54) is 0 Å². The first-order valence-corrected chi connectivity index (χ1v) is 8.17. The summed E-state index contributed by atoms with van der Waals surface area (Å²) in [7, 11) is 0. The summed E-state index contributed by atoms with van der Waals surface area (Å²) in [4.78, 5) is 12.5. The molecule has 0 aliphatic heterocycles. The lowest BCUT2D eigenvalue weighted by Gasteiger charge is -2.18. The van der Waals surface area contributed by atoms with E-state index in [1.54, 1.807) is 36.4 Å². The Morgan fingerprint density at radius 1 is 0.885 bits per heavy atom. The lowest BCUT2D eigenvalue weighted by Crippen LogP contribution is -2.28. The molecule has 4 nitrogen and oxygen atoms in total. The van der Waals surface area contributed by atoms with E-state index in [9.17, 15) is 10.0 Å². The van der Waals surface area contributed by atoms with Crippen LogP contribution in [-0.2, 0) is 4.79 Å². The van der Waals surface area contributed by atoms with Gasteiger partial charge in [-0.15, -0.1) is 0 Å². The Kier molecular flexibility index (Phi) is 5.15. The van der Waals surface area contributed by atoms with Gasteiger partial charge in [0, 0.05) is 5.57 Å². The van der Waals surface area contributed by atoms with Gasteiger partial charge in [0.25, 0.3) is 5.91 Å². The predicted octanol–water partition coefficient (Wildman–Crippen LogP) is 5.22. The quantitative estimate of drug-likeness (QED) is 0.392. The van der Waals surface area contributed by atoms with Gasteiger partial charge in [-0.1, -0.05) is 55.1 Å². The first kappa shape index (κ1) is 17.5. The van der Waals surface area contributed by atoms with Crippen LogP contribution in [0.3, 0.4) is 0 Å². The maximum absolute atomic E-state index is 12.5. The Bertz CT molecular complexity index is 918. The van der Waals surface area contributed by atoms with Crippen molar-refractivity contribution in [2.45, 2.75) is 6.92 Å². The van der Waals surface area contributed by atoms with Crippen LogP contribution < -0.4 is 9.80 Å². The molecule has 0 fully saturated rings. The molecule has 3 rings (SSSR count). The lowest BCUT2D eigenvalue weighted by molar-refractivity contribution is -0.118. The molecule has 130 valence electrons. The third-order valence-electron chi connectivity index (χ3n) is 3.98. The van der Waals surface area contributed by atoms with Gasteiger partial charge in [0.1, 0.15) is 11.5 Å². The second kappa shape index (κ2) is 7.68. The number of para-hydroxylation sites is 2. The summed E-state index contributed by atoms with van der Waals surface area (Å²) in [5, 5.41) is 10.9. The molecule has 1 N–H and O–H groups in total. The number of aryl methyl sites for hydroxylation is 1. The smallest absolute Gasteiger partial charge is 0.282 e. The number of carbonyl (C=O) groups is 1. The van der Waals surface area contributed by atoms with Crippen LogP contribution in [0.5, 0.6) is 11.5 Å². The summed E-state index contributed by atoms with van der Waals surface area (Å²) in [5.74, 6) is 0.812. The minimum absolute atomic E-state index is 0.196. The van der Waals surface area contributed by atoms with E-state index in [4.69, 9.17) is 4.74 Å². The highest BCUT2D eigenvalue weighted by molar-refractivity contribution is 6.24. The fourth-order valence-electron chi connectivity index (χ4n) is 2.51. The van der Waals surface area contributed by atoms with Crippen molar-refractivity contribution < 1.29 is 14.7 Å². The number of nitrogens with zero attached hydrogens (tertiary/aromatic N) is 1. The van der Waals surface area contributed by atoms with E-state index < -0.39 is 5.91 Å². The minimum Gasteiger partial charge on any atom is -0.457 e. The van der Waals surface area contributed by atoms with Crippen LogP contribution in [0, 0.1) is 6.92 Å². The van der Waals surface area contributed by atoms with Gasteiger partial charge in [0.15, 0.2) is 0 Å². The number of hydroxylamine groups is 1. The monoisotopic (exact) mass is 345 g/mol. The molecule has 26 heavy (non-hydrogen) atoms. The molecule has 0 aliphatic carbocycles. The van der Waals surface area contributed by atoms with Gasteiger partial charge in [0.05, 0.1) is 5.69 Å². The van der Waals surface area contributed by atoms with Crippen LogP contribution in [0.4, 0.5) is 5.69 Å². The zero-order chi connectivity index (χ0) is 18.5. The molecular formula is C22H19NO3. The van der Waals surface area contributed by atoms with Gasteiger partial charge in [-0.3, -0.25) is 10.0 Å². The van der Waals surface area contributed by atoms with Crippen molar-refractivity contribution in [3.63, 3.8) is 0 Å². The van der Waals surface area contributed by atoms with E-state index in [-0.39, 0.29) is 5.57 Å². The molecule has 0 aliphatic rings. The SMILES string of the molecule is C=C(C(=O)N(O)c1ccccc1C)c1ccc(Oc2ccccc2)cc1. The van der Waals surface area contributed by atoms with Crippen LogP contribution in [0.15, 0.2) is 85.4 Å². The van der Waals surface area contributed by atoms with E-state index >= 15 is 0 Å². The van der Waals surface area contributed by atoms with E-state index in [0.29, 0.717) is 22.1 Å². The first-order valence-electron chi connectivity index (χ1n) is 8.17. The molecule has 0 saturated carbocycles. The van der Waals surface area contributed by atoms with Crippen LogP contribution in [0.1, 0.15) is 11.1 Å². The normalized spacial score (nSPS) is 10.2. The van der Waals surface area contributed by atoms with Crippen molar-refractivity contribution in [3.8, 4) is 11.5 Å². The average molecular weight is 345 g/mol. The molecule has 0 bridgehead atoms. The highest BCUT2D eigenvalue weighted by atomic mass is 16.5. The fourth-order valence-corrected chi connectivity index (χ4v) is 2.51. The number of hydrogen-bond donors (Lipinski definition) is 1. The van der Waals surface area contributed by atoms with Crippen LogP contribution in [0.2, 0.25) is 0 Å². The Morgan fingerprint density at radius 2 is 1.46 bits per heavy atom. The third-order valence-corrected chi connectivity index (χ3v) is 3.98. The minimum atomic E-state index is -0.573. The molecule has 3 aromatic rings. The van der Waals surface area contributed by atoms with Crippen LogP contribution in [0.25, 0.3) is 5.57 Å². The molecule has 0 spiro atoms. The van der Waals surface area contributed by atoms with Crippen molar-refractivity contribution in [1.82, 2.24) is 0 Å². The van der Waals surface area contributed by atoms with Gasteiger partial charge in [-0.2, -0.15) is 5.06 Å². The van der Waals surface area contributed by atoms with Gasteiger partial charge < -0.3 is 4.74 Å². The molecule has 0 aromatic heterocycles. The van der Waals surface area contributed by atoms with Crippen LogP contribution >= 0.6 is 0 Å². The number of benzene rings is 3. The Hall–Kier alpha value is -3.37.